The van der Waals surface area contributed by atoms with Crippen molar-refractivity contribution in [1.29, 1.82) is 0 Å². The molecule has 0 atom stereocenters. The van der Waals surface area contributed by atoms with Crippen molar-refractivity contribution in [3.8, 4) is 11.4 Å². The lowest BCUT2D eigenvalue weighted by Crippen LogP contribution is -2.42. The van der Waals surface area contributed by atoms with E-state index in [9.17, 15) is 21.6 Å². The molecule has 1 aromatic carbocycles. The molecular weight excluding hydrogens is 471 g/mol. The Kier molecular flexibility index (Phi) is 7.27. The normalized spacial score (nSPS) is 26.5. The van der Waals surface area contributed by atoms with Crippen LogP contribution in [0.4, 0.5) is 13.2 Å². The Morgan fingerprint density at radius 1 is 1.03 bits per heavy atom. The molecule has 2 fully saturated rings. The third kappa shape index (κ3) is 5.42. The molecule has 2 aromatic rings. The SMILES string of the molecule is NCC1CCC(NC2CCC(c3ccc(C(F)(F)F)c(S(N)(=O)=O)c3-c3nn[nH]n3)CC2)CC1. The van der Waals surface area contributed by atoms with E-state index in [-0.39, 0.29) is 17.3 Å². The first kappa shape index (κ1) is 25.0. The fourth-order valence-corrected chi connectivity index (χ4v) is 6.41. The van der Waals surface area contributed by atoms with E-state index >= 15 is 0 Å². The number of sulfonamides is 1. The molecule has 13 heteroatoms. The van der Waals surface area contributed by atoms with Gasteiger partial charge in [0, 0.05) is 17.6 Å². The van der Waals surface area contributed by atoms with E-state index in [1.54, 1.807) is 0 Å². The minimum Gasteiger partial charge on any atom is -0.330 e. The van der Waals surface area contributed by atoms with Gasteiger partial charge in [0.2, 0.25) is 15.8 Å². The second-order valence-corrected chi connectivity index (χ2v) is 10.9. The summed E-state index contributed by atoms with van der Waals surface area (Å²) in [5, 5.41) is 22.2. The van der Waals surface area contributed by atoms with Gasteiger partial charge in [-0.15, -0.1) is 10.2 Å². The Hall–Kier alpha value is -2.09. The number of rotatable bonds is 6. The van der Waals surface area contributed by atoms with Gasteiger partial charge in [-0.3, -0.25) is 0 Å². The highest BCUT2D eigenvalue weighted by atomic mass is 32.2. The lowest BCUT2D eigenvalue weighted by molar-refractivity contribution is -0.139. The molecule has 1 aromatic heterocycles. The maximum atomic E-state index is 13.7. The predicted octanol–water partition coefficient (Wildman–Crippen LogP) is 2.67. The van der Waals surface area contributed by atoms with Gasteiger partial charge in [-0.05, 0) is 86.6 Å². The van der Waals surface area contributed by atoms with Crippen LogP contribution in [0.15, 0.2) is 17.0 Å². The molecule has 2 aliphatic carbocycles. The van der Waals surface area contributed by atoms with E-state index in [2.05, 4.69) is 25.9 Å². The quantitative estimate of drug-likeness (QED) is 0.475. The zero-order valence-electron chi connectivity index (χ0n) is 18.7. The lowest BCUT2D eigenvalue weighted by Gasteiger charge is -2.36. The van der Waals surface area contributed by atoms with Crippen LogP contribution in [0.5, 0.6) is 0 Å². The molecule has 34 heavy (non-hydrogen) atoms. The van der Waals surface area contributed by atoms with Crippen LogP contribution < -0.4 is 16.2 Å². The van der Waals surface area contributed by atoms with E-state index in [0.717, 1.165) is 51.1 Å². The van der Waals surface area contributed by atoms with Crippen LogP contribution in [-0.4, -0.2) is 47.7 Å². The van der Waals surface area contributed by atoms with Crippen LogP contribution in [0.25, 0.3) is 11.4 Å². The molecule has 1 heterocycles. The Balaban J connectivity index is 1.58. The topological polar surface area (TPSA) is 153 Å². The monoisotopic (exact) mass is 501 g/mol. The van der Waals surface area contributed by atoms with Gasteiger partial charge in [0.1, 0.15) is 4.90 Å². The van der Waals surface area contributed by atoms with Gasteiger partial charge in [-0.2, -0.15) is 18.4 Å². The van der Waals surface area contributed by atoms with Crippen molar-refractivity contribution in [3.05, 3.63) is 23.3 Å². The third-order valence-electron chi connectivity index (χ3n) is 7.17. The molecule has 0 unspecified atom stereocenters. The molecule has 0 saturated heterocycles. The summed E-state index contributed by atoms with van der Waals surface area (Å²) in [6.45, 7) is 0.730. The number of nitrogens with one attached hydrogen (secondary N) is 2. The van der Waals surface area contributed by atoms with E-state index in [0.29, 0.717) is 36.4 Å². The highest BCUT2D eigenvalue weighted by Crippen LogP contribution is 2.44. The number of benzene rings is 1. The maximum Gasteiger partial charge on any atom is 0.417 e. The highest BCUT2D eigenvalue weighted by Gasteiger charge is 2.41. The van der Waals surface area contributed by atoms with Gasteiger partial charge < -0.3 is 11.1 Å². The molecule has 0 radical (unpaired) electrons. The minimum absolute atomic E-state index is 0.151. The number of primary sulfonamides is 1. The fourth-order valence-electron chi connectivity index (χ4n) is 5.42. The molecule has 0 aliphatic heterocycles. The van der Waals surface area contributed by atoms with Crippen LogP contribution in [-0.2, 0) is 16.2 Å². The minimum atomic E-state index is -4.91. The number of H-pyrrole nitrogens is 1. The number of hydrogen-bond donors (Lipinski definition) is 4. The molecule has 0 amide bonds. The summed E-state index contributed by atoms with van der Waals surface area (Å²) in [5.41, 5.74) is 4.67. The molecule has 0 bridgehead atoms. The van der Waals surface area contributed by atoms with Crippen molar-refractivity contribution < 1.29 is 21.6 Å². The fraction of sp³-hybridized carbons (Fsp3) is 0.667. The van der Waals surface area contributed by atoms with Crippen molar-refractivity contribution >= 4 is 10.0 Å². The summed E-state index contributed by atoms with van der Waals surface area (Å²) in [6.07, 6.45) is 2.58. The first-order chi connectivity index (χ1) is 16.1. The summed E-state index contributed by atoms with van der Waals surface area (Å²) < 4.78 is 65.8. The van der Waals surface area contributed by atoms with Crippen LogP contribution >= 0.6 is 0 Å². The number of halogens is 3. The van der Waals surface area contributed by atoms with Crippen LogP contribution in [0.1, 0.15) is 68.4 Å². The first-order valence-electron chi connectivity index (χ1n) is 11.5. The van der Waals surface area contributed by atoms with Gasteiger partial charge in [0.05, 0.1) is 5.56 Å². The van der Waals surface area contributed by atoms with Crippen molar-refractivity contribution in [3.63, 3.8) is 0 Å². The molecule has 9 nitrogen and oxygen atoms in total. The van der Waals surface area contributed by atoms with Gasteiger partial charge in [0.25, 0.3) is 0 Å². The van der Waals surface area contributed by atoms with E-state index in [4.69, 9.17) is 10.9 Å². The van der Waals surface area contributed by atoms with Crippen molar-refractivity contribution in [1.82, 2.24) is 25.9 Å². The maximum absolute atomic E-state index is 13.7. The largest absolute Gasteiger partial charge is 0.417 e. The Bertz CT molecular complexity index is 1080. The van der Waals surface area contributed by atoms with Crippen LogP contribution in [0.2, 0.25) is 0 Å². The molecule has 6 N–H and O–H groups in total. The number of aromatic amines is 1. The van der Waals surface area contributed by atoms with Gasteiger partial charge in [0.15, 0.2) is 0 Å². The van der Waals surface area contributed by atoms with Crippen molar-refractivity contribution in [2.45, 2.75) is 80.4 Å². The van der Waals surface area contributed by atoms with Gasteiger partial charge in [-0.25, -0.2) is 13.6 Å². The average molecular weight is 502 g/mol. The Morgan fingerprint density at radius 2 is 1.65 bits per heavy atom. The number of tetrazole rings is 1. The Morgan fingerprint density at radius 3 is 2.15 bits per heavy atom. The lowest BCUT2D eigenvalue weighted by atomic mass is 9.78. The molecule has 2 saturated carbocycles. The number of nitrogens with zero attached hydrogens (tertiary/aromatic N) is 3. The first-order valence-corrected chi connectivity index (χ1v) is 13.1. The zero-order valence-corrected chi connectivity index (χ0v) is 19.5. The molecule has 4 rings (SSSR count). The van der Waals surface area contributed by atoms with Crippen LogP contribution in [0, 0.1) is 5.92 Å². The number of hydrogen-bond acceptors (Lipinski definition) is 7. The third-order valence-corrected chi connectivity index (χ3v) is 8.16. The summed E-state index contributed by atoms with van der Waals surface area (Å²) in [7, 11) is -4.73. The molecule has 0 spiro atoms. The summed E-state index contributed by atoms with van der Waals surface area (Å²) in [4.78, 5) is -1.00. The van der Waals surface area contributed by atoms with Crippen molar-refractivity contribution in [2.75, 3.05) is 6.54 Å². The zero-order chi connectivity index (χ0) is 24.5. The van der Waals surface area contributed by atoms with E-state index in [1.807, 2.05) is 0 Å². The smallest absolute Gasteiger partial charge is 0.330 e. The second kappa shape index (κ2) is 9.88. The number of aromatic nitrogens is 4. The standard InChI is InChI=1S/C21H30F3N7O2S/c22-21(23,24)17-10-9-16(18(19(17)34(26,32)33)20-28-30-31-29-20)13-3-7-15(8-4-13)27-14-5-1-12(11-25)2-6-14/h9-10,12-15,27H,1-8,11,25H2,(H2,26,32,33)(H,28,29,30,31). The highest BCUT2D eigenvalue weighted by molar-refractivity contribution is 7.89. The summed E-state index contributed by atoms with van der Waals surface area (Å²) in [5.74, 6) is 0.231. The molecule has 188 valence electrons. The van der Waals surface area contributed by atoms with Crippen molar-refractivity contribution in [2.24, 2.45) is 16.8 Å². The molecular formula is C21H30F3N7O2S. The van der Waals surface area contributed by atoms with Crippen LogP contribution in [0.3, 0.4) is 0 Å². The second-order valence-electron chi connectivity index (χ2n) is 9.35. The Labute approximate surface area is 196 Å². The summed E-state index contributed by atoms with van der Waals surface area (Å²) >= 11 is 0. The predicted molar refractivity (Wildman–Crippen MR) is 119 cm³/mol. The molecule has 2 aliphatic rings. The van der Waals surface area contributed by atoms with E-state index in [1.165, 1.54) is 6.07 Å². The van der Waals surface area contributed by atoms with Gasteiger partial charge >= 0.3 is 6.18 Å². The number of nitrogens with two attached hydrogens (primary N) is 2. The van der Waals surface area contributed by atoms with E-state index < -0.39 is 26.7 Å². The average Bonchev–Trinajstić information content (AvgIpc) is 3.33. The summed E-state index contributed by atoms with van der Waals surface area (Å²) in [6, 6.07) is 2.89. The number of alkyl halides is 3. The van der Waals surface area contributed by atoms with Gasteiger partial charge in [-0.1, -0.05) is 6.07 Å².